The third-order valence-corrected chi connectivity index (χ3v) is 3.73. The Morgan fingerprint density at radius 1 is 1.29 bits per heavy atom. The maximum atomic E-state index is 2.22. The molecular formula is C5H12S2. The Kier molecular flexibility index (Phi) is 5.33. The molecule has 0 atom stereocenters. The Morgan fingerprint density at radius 3 is 1.71 bits per heavy atom. The summed E-state index contributed by atoms with van der Waals surface area (Å²) in [6, 6.07) is 0. The molecule has 0 rings (SSSR count). The van der Waals surface area contributed by atoms with Gasteiger partial charge in [0, 0.05) is 4.58 Å². The fraction of sp³-hybridized carbons (Fsp3) is 1.00. The van der Waals surface area contributed by atoms with Crippen LogP contribution < -0.4 is 0 Å². The molecule has 0 radical (unpaired) electrons. The van der Waals surface area contributed by atoms with Crippen molar-refractivity contribution in [3.05, 3.63) is 0 Å². The van der Waals surface area contributed by atoms with Crippen molar-refractivity contribution in [1.29, 1.82) is 0 Å². The van der Waals surface area contributed by atoms with Crippen LogP contribution in [0.3, 0.4) is 0 Å². The van der Waals surface area contributed by atoms with Gasteiger partial charge < -0.3 is 0 Å². The Bertz CT molecular complexity index is 27.6. The van der Waals surface area contributed by atoms with Gasteiger partial charge in [-0.2, -0.15) is 23.5 Å². The predicted molar refractivity (Wildman–Crippen MR) is 41.1 cm³/mol. The number of thioether (sulfide) groups is 2. The molecule has 0 fully saturated rings. The summed E-state index contributed by atoms with van der Waals surface area (Å²) >= 11 is 3.87. The lowest BCUT2D eigenvalue weighted by molar-refractivity contribution is 1.06. The van der Waals surface area contributed by atoms with E-state index in [2.05, 4.69) is 19.4 Å². The topological polar surface area (TPSA) is 0 Å². The average Bonchev–Trinajstić information content (AvgIpc) is 1.72. The van der Waals surface area contributed by atoms with E-state index in [0.29, 0.717) is 0 Å². The summed E-state index contributed by atoms with van der Waals surface area (Å²) in [6.07, 6.45) is 5.59. The van der Waals surface area contributed by atoms with Crippen LogP contribution in [0.1, 0.15) is 13.3 Å². The van der Waals surface area contributed by atoms with Crippen molar-refractivity contribution in [2.75, 3.05) is 12.5 Å². The van der Waals surface area contributed by atoms with E-state index in [1.54, 1.807) is 0 Å². The summed E-state index contributed by atoms with van der Waals surface area (Å²) in [5, 5.41) is 0. The molecule has 0 aromatic rings. The molecule has 0 saturated carbocycles. The van der Waals surface area contributed by atoms with Crippen molar-refractivity contribution in [2.45, 2.75) is 17.9 Å². The van der Waals surface area contributed by atoms with Crippen molar-refractivity contribution in [1.82, 2.24) is 0 Å². The van der Waals surface area contributed by atoms with Crippen molar-refractivity contribution in [2.24, 2.45) is 0 Å². The predicted octanol–water partition coefficient (Wildman–Crippen LogP) is 2.45. The van der Waals surface area contributed by atoms with Gasteiger partial charge in [0.2, 0.25) is 0 Å². The molecule has 2 heteroatoms. The molecular weight excluding hydrogens is 124 g/mol. The second-order valence-electron chi connectivity index (χ2n) is 1.31. The Balaban J connectivity index is 2.99. The Hall–Kier alpha value is 0.700. The van der Waals surface area contributed by atoms with Gasteiger partial charge in [0.15, 0.2) is 0 Å². The number of rotatable bonds is 3. The van der Waals surface area contributed by atoms with Crippen LogP contribution in [-0.2, 0) is 0 Å². The monoisotopic (exact) mass is 136 g/mol. The Labute approximate surface area is 54.4 Å². The molecule has 0 nitrogen and oxygen atoms in total. The van der Waals surface area contributed by atoms with Gasteiger partial charge in [0.25, 0.3) is 0 Å². The highest BCUT2D eigenvalue weighted by Gasteiger charge is 1.96. The zero-order valence-electron chi connectivity index (χ0n) is 5.10. The summed E-state index contributed by atoms with van der Waals surface area (Å²) in [5.74, 6) is 0. The lowest BCUT2D eigenvalue weighted by Gasteiger charge is -2.04. The summed E-state index contributed by atoms with van der Waals surface area (Å²) in [6.45, 7) is 2.22. The third kappa shape index (κ3) is 3.30. The lowest BCUT2D eigenvalue weighted by atomic mass is 10.6. The first-order valence-electron chi connectivity index (χ1n) is 2.40. The smallest absolute Gasteiger partial charge is 0.0494 e. The van der Waals surface area contributed by atoms with Gasteiger partial charge >= 0.3 is 0 Å². The molecule has 0 amide bonds. The maximum absolute atomic E-state index is 2.22. The molecule has 44 valence electrons. The second-order valence-corrected chi connectivity index (χ2v) is 3.69. The maximum Gasteiger partial charge on any atom is 0.0494 e. The largest absolute Gasteiger partial charge is 0.151 e. The van der Waals surface area contributed by atoms with Gasteiger partial charge in [-0.3, -0.25) is 0 Å². The SMILES string of the molecule is CCC(SC)SC. The molecule has 7 heavy (non-hydrogen) atoms. The van der Waals surface area contributed by atoms with E-state index in [-0.39, 0.29) is 0 Å². The van der Waals surface area contributed by atoms with Crippen LogP contribution in [0.5, 0.6) is 0 Å². The molecule has 0 saturated heterocycles. The number of hydrogen-bond donors (Lipinski definition) is 0. The van der Waals surface area contributed by atoms with Crippen molar-refractivity contribution < 1.29 is 0 Å². The van der Waals surface area contributed by atoms with E-state index in [4.69, 9.17) is 0 Å². The first-order chi connectivity index (χ1) is 3.35. The standard InChI is InChI=1S/C5H12S2/c1-4-5(6-2)7-3/h5H,4H2,1-3H3. The normalized spacial score (nSPS) is 10.3. The van der Waals surface area contributed by atoms with Gasteiger partial charge in [0.1, 0.15) is 0 Å². The molecule has 0 N–H and O–H groups in total. The van der Waals surface area contributed by atoms with E-state index in [1.165, 1.54) is 6.42 Å². The molecule has 0 bridgehead atoms. The van der Waals surface area contributed by atoms with Crippen molar-refractivity contribution >= 4 is 23.5 Å². The van der Waals surface area contributed by atoms with E-state index in [9.17, 15) is 0 Å². The van der Waals surface area contributed by atoms with Crippen LogP contribution >= 0.6 is 23.5 Å². The minimum Gasteiger partial charge on any atom is -0.151 e. The Morgan fingerprint density at radius 2 is 1.71 bits per heavy atom. The lowest BCUT2D eigenvalue weighted by Crippen LogP contribution is -1.89. The fourth-order valence-electron chi connectivity index (χ4n) is 0.430. The second kappa shape index (κ2) is 4.85. The molecule has 0 aromatic heterocycles. The summed E-state index contributed by atoms with van der Waals surface area (Å²) in [5.41, 5.74) is 0. The minimum atomic E-state index is 0.819. The molecule has 0 aliphatic carbocycles. The van der Waals surface area contributed by atoms with Crippen LogP contribution in [0.4, 0.5) is 0 Å². The first kappa shape index (κ1) is 7.70. The van der Waals surface area contributed by atoms with Gasteiger partial charge in [-0.1, -0.05) is 6.92 Å². The van der Waals surface area contributed by atoms with Gasteiger partial charge in [0.05, 0.1) is 0 Å². The quantitative estimate of drug-likeness (QED) is 0.547. The van der Waals surface area contributed by atoms with Crippen molar-refractivity contribution in [3.8, 4) is 0 Å². The molecule has 0 spiro atoms. The van der Waals surface area contributed by atoms with E-state index in [1.807, 2.05) is 23.5 Å². The third-order valence-electron chi connectivity index (χ3n) is 0.859. The summed E-state index contributed by atoms with van der Waals surface area (Å²) in [4.78, 5) is 0. The van der Waals surface area contributed by atoms with E-state index >= 15 is 0 Å². The van der Waals surface area contributed by atoms with Gasteiger partial charge in [-0.05, 0) is 18.9 Å². The highest BCUT2D eigenvalue weighted by atomic mass is 32.2. The van der Waals surface area contributed by atoms with Crippen molar-refractivity contribution in [3.63, 3.8) is 0 Å². The molecule has 0 heterocycles. The zero-order chi connectivity index (χ0) is 5.70. The molecule has 0 unspecified atom stereocenters. The van der Waals surface area contributed by atoms with Crippen LogP contribution in [-0.4, -0.2) is 17.1 Å². The number of hydrogen-bond acceptors (Lipinski definition) is 2. The van der Waals surface area contributed by atoms with Crippen LogP contribution in [0.15, 0.2) is 0 Å². The van der Waals surface area contributed by atoms with Gasteiger partial charge in [-0.25, -0.2) is 0 Å². The highest BCUT2D eigenvalue weighted by Crippen LogP contribution is 2.20. The summed E-state index contributed by atoms with van der Waals surface area (Å²) in [7, 11) is 0. The van der Waals surface area contributed by atoms with Gasteiger partial charge in [-0.15, -0.1) is 0 Å². The van der Waals surface area contributed by atoms with Crippen LogP contribution in [0.2, 0.25) is 0 Å². The van der Waals surface area contributed by atoms with E-state index in [0.717, 1.165) is 4.58 Å². The summed E-state index contributed by atoms with van der Waals surface area (Å²) < 4.78 is 0.819. The van der Waals surface area contributed by atoms with E-state index < -0.39 is 0 Å². The zero-order valence-corrected chi connectivity index (χ0v) is 6.73. The molecule has 0 aromatic carbocycles. The highest BCUT2D eigenvalue weighted by molar-refractivity contribution is 8.16. The minimum absolute atomic E-state index is 0.819. The average molecular weight is 136 g/mol. The fourth-order valence-corrected chi connectivity index (χ4v) is 1.87. The van der Waals surface area contributed by atoms with Crippen LogP contribution in [0, 0.1) is 0 Å². The molecule has 0 aliphatic heterocycles. The molecule has 0 aliphatic rings. The first-order valence-corrected chi connectivity index (χ1v) is 4.98. The van der Waals surface area contributed by atoms with Crippen LogP contribution in [0.25, 0.3) is 0 Å².